The molecule has 1 rings (SSSR count). The molecule has 0 saturated carbocycles. The Morgan fingerprint density at radius 1 is 1.32 bits per heavy atom. The highest BCUT2D eigenvalue weighted by atomic mass is 16.6. The van der Waals surface area contributed by atoms with Gasteiger partial charge >= 0.3 is 6.09 Å². The van der Waals surface area contributed by atoms with Crippen molar-refractivity contribution in [2.75, 3.05) is 6.54 Å². The van der Waals surface area contributed by atoms with Crippen LogP contribution in [0.5, 0.6) is 5.75 Å². The minimum atomic E-state index is -1.28. The number of nitrogens with one attached hydrogen (secondary N) is 1. The Balaban J connectivity index is 2.62. The summed E-state index contributed by atoms with van der Waals surface area (Å²) >= 11 is 0. The summed E-state index contributed by atoms with van der Waals surface area (Å²) in [6.45, 7) is 4.55. The summed E-state index contributed by atoms with van der Waals surface area (Å²) in [6.07, 6.45) is -3.23. The van der Waals surface area contributed by atoms with Crippen molar-refractivity contribution in [2.24, 2.45) is 0 Å². The van der Waals surface area contributed by atoms with Gasteiger partial charge in [-0.25, -0.2) is 4.79 Å². The van der Waals surface area contributed by atoms with E-state index in [0.29, 0.717) is 5.56 Å². The van der Waals surface area contributed by atoms with Crippen LogP contribution >= 0.6 is 0 Å². The van der Waals surface area contributed by atoms with Crippen LogP contribution in [0.25, 0.3) is 0 Å². The Bertz CT molecular complexity index is 511. The maximum Gasteiger partial charge on any atom is 0.407 e. The van der Waals surface area contributed by atoms with Crippen LogP contribution in [-0.4, -0.2) is 44.8 Å². The van der Waals surface area contributed by atoms with Gasteiger partial charge in [0.15, 0.2) is 0 Å². The highest BCUT2D eigenvalue weighted by Crippen LogP contribution is 2.24. The Morgan fingerprint density at radius 3 is 2.50 bits per heavy atom. The molecule has 2 atom stereocenters. The second-order valence-electron chi connectivity index (χ2n) is 5.94. The zero-order valence-electron chi connectivity index (χ0n) is 12.9. The molecule has 1 aromatic rings. The van der Waals surface area contributed by atoms with Crippen molar-refractivity contribution in [3.05, 3.63) is 29.3 Å². The molecule has 0 aromatic heterocycles. The number of aliphatic hydroxyl groups excluding tert-OH is 3. The predicted octanol–water partition coefficient (Wildman–Crippen LogP) is 0.804. The maximum atomic E-state index is 11.5. The lowest BCUT2D eigenvalue weighted by atomic mass is 10.0. The lowest BCUT2D eigenvalue weighted by molar-refractivity contribution is 0.0128. The van der Waals surface area contributed by atoms with Gasteiger partial charge in [0.2, 0.25) is 0 Å². The van der Waals surface area contributed by atoms with Crippen molar-refractivity contribution in [3.8, 4) is 5.75 Å². The Kier molecular flexibility index (Phi) is 6.16. The van der Waals surface area contributed by atoms with Crippen LogP contribution in [0.4, 0.5) is 4.79 Å². The van der Waals surface area contributed by atoms with Gasteiger partial charge in [0.05, 0.1) is 6.61 Å². The Morgan fingerprint density at radius 2 is 1.95 bits per heavy atom. The fourth-order valence-electron chi connectivity index (χ4n) is 1.75. The molecule has 0 aliphatic rings. The fraction of sp³-hybridized carbons (Fsp3) is 0.533. The van der Waals surface area contributed by atoms with E-state index in [-0.39, 0.29) is 17.9 Å². The summed E-state index contributed by atoms with van der Waals surface area (Å²) in [4.78, 5) is 11.5. The van der Waals surface area contributed by atoms with E-state index in [2.05, 4.69) is 5.32 Å². The van der Waals surface area contributed by atoms with E-state index in [0.717, 1.165) is 0 Å². The average Bonchev–Trinajstić information content (AvgIpc) is 2.42. The molecule has 0 aliphatic carbocycles. The first-order chi connectivity index (χ1) is 10.1. The molecule has 0 radical (unpaired) electrons. The molecule has 0 bridgehead atoms. The molecule has 0 saturated heterocycles. The van der Waals surface area contributed by atoms with Crippen LogP contribution in [0.15, 0.2) is 18.2 Å². The van der Waals surface area contributed by atoms with Gasteiger partial charge in [0, 0.05) is 12.1 Å². The summed E-state index contributed by atoms with van der Waals surface area (Å²) in [5.41, 5.74) is -0.0927. The fourth-order valence-corrected chi connectivity index (χ4v) is 1.75. The molecule has 0 fully saturated rings. The molecule has 124 valence electrons. The molecule has 22 heavy (non-hydrogen) atoms. The minimum absolute atomic E-state index is 0.0974. The van der Waals surface area contributed by atoms with Crippen molar-refractivity contribution in [2.45, 2.75) is 45.2 Å². The quantitative estimate of drug-likeness (QED) is 0.548. The highest BCUT2D eigenvalue weighted by Gasteiger charge is 2.22. The number of aromatic hydroxyl groups is 1. The van der Waals surface area contributed by atoms with E-state index in [1.54, 1.807) is 20.8 Å². The third-order valence-electron chi connectivity index (χ3n) is 2.83. The maximum absolute atomic E-state index is 11.5. The summed E-state index contributed by atoms with van der Waals surface area (Å²) in [5, 5.41) is 40.8. The Labute approximate surface area is 129 Å². The molecule has 5 N–H and O–H groups in total. The monoisotopic (exact) mass is 313 g/mol. The smallest absolute Gasteiger partial charge is 0.407 e. The third-order valence-corrected chi connectivity index (χ3v) is 2.83. The number of phenols is 1. The normalized spacial score (nSPS) is 14.3. The van der Waals surface area contributed by atoms with Crippen LogP contribution in [0, 0.1) is 0 Å². The van der Waals surface area contributed by atoms with E-state index in [1.165, 1.54) is 18.2 Å². The molecule has 7 nitrogen and oxygen atoms in total. The van der Waals surface area contributed by atoms with E-state index >= 15 is 0 Å². The summed E-state index contributed by atoms with van der Waals surface area (Å²) in [7, 11) is 0. The van der Waals surface area contributed by atoms with Gasteiger partial charge in [-0.2, -0.15) is 0 Å². The number of rotatable bonds is 5. The van der Waals surface area contributed by atoms with Gasteiger partial charge < -0.3 is 30.5 Å². The number of carbonyl (C=O) groups excluding carboxylic acids is 1. The van der Waals surface area contributed by atoms with E-state index in [1.807, 2.05) is 0 Å². The number of alkyl carbamates (subject to hydrolysis) is 1. The molecular formula is C15H23NO6. The van der Waals surface area contributed by atoms with Crippen LogP contribution in [-0.2, 0) is 11.3 Å². The number of hydrogen-bond donors (Lipinski definition) is 5. The second-order valence-corrected chi connectivity index (χ2v) is 5.94. The van der Waals surface area contributed by atoms with Crippen molar-refractivity contribution in [1.29, 1.82) is 0 Å². The first-order valence-electron chi connectivity index (χ1n) is 6.89. The van der Waals surface area contributed by atoms with Gasteiger partial charge in [0.1, 0.15) is 23.6 Å². The molecular weight excluding hydrogens is 290 g/mol. The van der Waals surface area contributed by atoms with E-state index < -0.39 is 30.5 Å². The molecule has 0 aliphatic heterocycles. The van der Waals surface area contributed by atoms with E-state index in [4.69, 9.17) is 9.84 Å². The van der Waals surface area contributed by atoms with Gasteiger partial charge in [-0.3, -0.25) is 0 Å². The SMILES string of the molecule is CC(C)(C)OC(=O)NCC(O)C(O)c1ccc(O)c(CO)c1. The number of amides is 1. The topological polar surface area (TPSA) is 119 Å². The highest BCUT2D eigenvalue weighted by molar-refractivity contribution is 5.67. The number of ether oxygens (including phenoxy) is 1. The number of carbonyl (C=O) groups is 1. The molecule has 1 aromatic carbocycles. The van der Waals surface area contributed by atoms with Gasteiger partial charge in [-0.1, -0.05) is 6.07 Å². The zero-order chi connectivity index (χ0) is 16.9. The van der Waals surface area contributed by atoms with Crippen molar-refractivity contribution < 1.29 is 30.0 Å². The van der Waals surface area contributed by atoms with Gasteiger partial charge in [-0.15, -0.1) is 0 Å². The number of benzene rings is 1. The van der Waals surface area contributed by atoms with Crippen molar-refractivity contribution >= 4 is 6.09 Å². The molecule has 2 unspecified atom stereocenters. The summed E-state index contributed by atoms with van der Waals surface area (Å²) in [6, 6.07) is 4.13. The van der Waals surface area contributed by atoms with Gasteiger partial charge in [-0.05, 0) is 38.5 Å². The standard InChI is InChI=1S/C15H23NO6/c1-15(2,3)22-14(21)16-7-12(19)13(20)9-4-5-11(18)10(6-9)8-17/h4-6,12-13,17-20H,7-8H2,1-3H3,(H,16,21). The van der Waals surface area contributed by atoms with Gasteiger partial charge in [0.25, 0.3) is 0 Å². The van der Waals surface area contributed by atoms with E-state index in [9.17, 15) is 20.1 Å². The predicted molar refractivity (Wildman–Crippen MR) is 79.2 cm³/mol. The molecule has 0 heterocycles. The first-order valence-corrected chi connectivity index (χ1v) is 6.89. The first kappa shape index (κ1) is 18.2. The average molecular weight is 313 g/mol. The zero-order valence-corrected chi connectivity index (χ0v) is 12.9. The van der Waals surface area contributed by atoms with Crippen molar-refractivity contribution in [3.63, 3.8) is 0 Å². The lowest BCUT2D eigenvalue weighted by Gasteiger charge is -2.22. The van der Waals surface area contributed by atoms with Crippen LogP contribution in [0.2, 0.25) is 0 Å². The van der Waals surface area contributed by atoms with Crippen molar-refractivity contribution in [1.82, 2.24) is 5.32 Å². The van der Waals surface area contributed by atoms with Crippen LogP contribution < -0.4 is 5.32 Å². The number of hydrogen-bond acceptors (Lipinski definition) is 6. The molecule has 7 heteroatoms. The summed E-state index contributed by atoms with van der Waals surface area (Å²) < 4.78 is 5.02. The third kappa shape index (κ3) is 5.51. The summed E-state index contributed by atoms with van der Waals surface area (Å²) in [5.74, 6) is -0.0974. The largest absolute Gasteiger partial charge is 0.508 e. The Hall–Kier alpha value is -1.83. The molecule has 0 spiro atoms. The van der Waals surface area contributed by atoms with Crippen LogP contribution in [0.1, 0.15) is 38.0 Å². The lowest BCUT2D eigenvalue weighted by Crippen LogP contribution is -2.38. The van der Waals surface area contributed by atoms with Crippen LogP contribution in [0.3, 0.4) is 0 Å². The number of aliphatic hydroxyl groups is 3. The molecule has 1 amide bonds. The second kappa shape index (κ2) is 7.44. The minimum Gasteiger partial charge on any atom is -0.508 e.